The van der Waals surface area contributed by atoms with E-state index in [4.69, 9.17) is 9.47 Å². The average Bonchev–Trinajstić information content (AvgIpc) is 3.57. The number of carbonyl (C=O) groups is 3. The zero-order valence-corrected chi connectivity index (χ0v) is 36.6. The first kappa shape index (κ1) is 47.7. The van der Waals surface area contributed by atoms with Gasteiger partial charge in [-0.2, -0.15) is 27.0 Å². The second-order valence-corrected chi connectivity index (χ2v) is 15.8. The number of rotatable bonds is 5. The maximum atomic E-state index is 13.7. The molecule has 15 heteroatoms. The van der Waals surface area contributed by atoms with E-state index in [-0.39, 0.29) is 62.8 Å². The number of amides is 2. The molecule has 0 fully saturated rings. The van der Waals surface area contributed by atoms with Crippen LogP contribution in [0.25, 0.3) is 21.8 Å². The van der Waals surface area contributed by atoms with E-state index < -0.39 is 17.3 Å². The van der Waals surface area contributed by atoms with Crippen molar-refractivity contribution in [2.75, 3.05) is 11.9 Å². The standard InChI is InChI=1S/C19H25FN2O2.C17H21FN2O2.C4H7BrO2.2H2S/c1-5-22-16-8-6-12(20)10-14(16)15-11-13(7-9-17(15)22)21-18(23)24-19(2,3)4;1-17(2,3)22-16(21)19-11-5-7-15-13(9-11)12-8-10(18)4-6-14(12)20-15;1-2-7-4(6)3-5;;/h6,8,10,13H,5,7,9,11H2,1-4H3,(H,21,23);4,6,8,11,20H,5,7,9H2,1-3H3,(H,19,21);2-3H2,1H3;2*1H2/t13-;11-;;;/m00.../s1. The Labute approximate surface area is 345 Å². The smallest absolute Gasteiger partial charge is 0.407 e. The van der Waals surface area contributed by atoms with Crippen molar-refractivity contribution >= 4 is 82.9 Å². The van der Waals surface area contributed by atoms with E-state index in [1.165, 1.54) is 17.8 Å². The van der Waals surface area contributed by atoms with Crippen LogP contribution in [0.1, 0.15) is 90.7 Å². The van der Waals surface area contributed by atoms with E-state index in [0.29, 0.717) is 24.8 Å². The number of nitrogens with zero attached hydrogens (tertiary/aromatic N) is 1. The van der Waals surface area contributed by atoms with Gasteiger partial charge in [0.1, 0.15) is 28.2 Å². The molecule has 2 aliphatic rings. The molecular formula is C40H57BrF2N4O6S2. The first-order valence-electron chi connectivity index (χ1n) is 18.2. The minimum atomic E-state index is -0.509. The van der Waals surface area contributed by atoms with E-state index in [1.807, 2.05) is 47.6 Å². The molecule has 2 aliphatic carbocycles. The number of alkyl halides is 1. The Morgan fingerprint density at radius 2 is 1.35 bits per heavy atom. The molecule has 6 rings (SSSR count). The van der Waals surface area contributed by atoms with Gasteiger partial charge in [0.05, 0.1) is 6.61 Å². The molecule has 0 saturated carbocycles. The summed E-state index contributed by atoms with van der Waals surface area (Å²) in [4.78, 5) is 37.4. The highest BCUT2D eigenvalue weighted by Gasteiger charge is 2.28. The van der Waals surface area contributed by atoms with Crippen LogP contribution in [-0.2, 0) is 51.2 Å². The summed E-state index contributed by atoms with van der Waals surface area (Å²) >= 11 is 2.94. The fourth-order valence-corrected chi connectivity index (χ4v) is 6.93. The summed E-state index contributed by atoms with van der Waals surface area (Å²) in [7, 11) is 0. The number of hydrogen-bond acceptors (Lipinski definition) is 6. The maximum absolute atomic E-state index is 13.7. The molecule has 2 heterocycles. The summed E-state index contributed by atoms with van der Waals surface area (Å²) in [5, 5.41) is 8.04. The number of aromatic nitrogens is 2. The van der Waals surface area contributed by atoms with Crippen molar-refractivity contribution in [2.24, 2.45) is 0 Å². The van der Waals surface area contributed by atoms with Crippen LogP contribution in [0.5, 0.6) is 0 Å². The number of hydrogen-bond donors (Lipinski definition) is 3. The van der Waals surface area contributed by atoms with Crippen LogP contribution < -0.4 is 10.6 Å². The number of halogens is 3. The summed E-state index contributed by atoms with van der Waals surface area (Å²) in [5.74, 6) is -0.667. The van der Waals surface area contributed by atoms with Gasteiger partial charge in [0.15, 0.2) is 0 Å². The number of nitrogens with one attached hydrogen (secondary N) is 3. The van der Waals surface area contributed by atoms with Crippen LogP contribution in [0, 0.1) is 11.6 Å². The summed E-state index contributed by atoms with van der Waals surface area (Å²) < 4.78 is 44.6. The van der Waals surface area contributed by atoms with Gasteiger partial charge in [-0.15, -0.1) is 0 Å². The van der Waals surface area contributed by atoms with E-state index >= 15 is 0 Å². The predicted octanol–water partition coefficient (Wildman–Crippen LogP) is 9.04. The van der Waals surface area contributed by atoms with Crippen LogP contribution in [0.3, 0.4) is 0 Å². The molecular weight excluding hydrogens is 814 g/mol. The molecule has 306 valence electrons. The van der Waals surface area contributed by atoms with Crippen LogP contribution in [0.2, 0.25) is 0 Å². The van der Waals surface area contributed by atoms with E-state index in [0.717, 1.165) is 70.9 Å². The summed E-state index contributed by atoms with van der Waals surface area (Å²) in [6, 6.07) is 9.78. The first-order valence-corrected chi connectivity index (χ1v) is 19.3. The lowest BCUT2D eigenvalue weighted by molar-refractivity contribution is -0.139. The third-order valence-electron chi connectivity index (χ3n) is 8.75. The lowest BCUT2D eigenvalue weighted by atomic mass is 9.91. The fourth-order valence-electron chi connectivity index (χ4n) is 6.77. The fraction of sp³-hybridized carbons (Fsp3) is 0.525. The van der Waals surface area contributed by atoms with Gasteiger partial charge in [-0.05, 0) is 141 Å². The van der Waals surface area contributed by atoms with Crippen molar-refractivity contribution in [1.82, 2.24) is 20.2 Å². The lowest BCUT2D eigenvalue weighted by Gasteiger charge is -2.27. The van der Waals surface area contributed by atoms with Crippen molar-refractivity contribution in [1.29, 1.82) is 0 Å². The van der Waals surface area contributed by atoms with Crippen molar-refractivity contribution in [3.8, 4) is 0 Å². The number of aromatic amines is 1. The second-order valence-electron chi connectivity index (χ2n) is 15.2. The number of carbonyl (C=O) groups excluding carboxylic acids is 3. The Morgan fingerprint density at radius 1 is 0.818 bits per heavy atom. The molecule has 2 aromatic carbocycles. The van der Waals surface area contributed by atoms with Gasteiger partial charge < -0.3 is 34.4 Å². The molecule has 2 amide bonds. The topological polar surface area (TPSA) is 124 Å². The Balaban J connectivity index is 0.000000316. The van der Waals surface area contributed by atoms with Gasteiger partial charge in [-0.3, -0.25) is 4.79 Å². The van der Waals surface area contributed by atoms with E-state index in [2.05, 4.69) is 47.8 Å². The van der Waals surface area contributed by atoms with Crippen molar-refractivity contribution in [3.05, 3.63) is 70.5 Å². The number of H-pyrrole nitrogens is 1. The number of fused-ring (bicyclic) bond motifs is 6. The second kappa shape index (κ2) is 20.7. The van der Waals surface area contributed by atoms with Crippen molar-refractivity contribution < 1.29 is 37.4 Å². The average molecular weight is 872 g/mol. The monoisotopic (exact) mass is 870 g/mol. The molecule has 0 bridgehead atoms. The van der Waals surface area contributed by atoms with Gasteiger partial charge in [-0.1, -0.05) is 15.9 Å². The third kappa shape index (κ3) is 13.6. The summed E-state index contributed by atoms with van der Waals surface area (Å²) in [5.41, 5.74) is 5.66. The number of esters is 1. The largest absolute Gasteiger partial charge is 0.465 e. The van der Waals surface area contributed by atoms with Gasteiger partial charge in [0.2, 0.25) is 0 Å². The van der Waals surface area contributed by atoms with E-state index in [1.54, 1.807) is 25.1 Å². The van der Waals surface area contributed by atoms with Gasteiger partial charge in [0, 0.05) is 51.8 Å². The minimum absolute atomic E-state index is 0. The molecule has 0 spiro atoms. The number of aryl methyl sites for hydroxylation is 2. The number of alkyl carbamates (subject to hydrolysis) is 2. The lowest BCUT2D eigenvalue weighted by Crippen LogP contribution is -2.42. The molecule has 55 heavy (non-hydrogen) atoms. The molecule has 0 unspecified atom stereocenters. The number of ether oxygens (including phenoxy) is 3. The molecule has 4 aromatic rings. The highest BCUT2D eigenvalue weighted by molar-refractivity contribution is 9.09. The van der Waals surface area contributed by atoms with Crippen molar-refractivity contribution in [3.63, 3.8) is 0 Å². The van der Waals surface area contributed by atoms with Crippen molar-refractivity contribution in [2.45, 2.75) is 124 Å². The van der Waals surface area contributed by atoms with E-state index in [9.17, 15) is 23.2 Å². The SMILES string of the molecule is CC(C)(C)OC(=O)N[C@H]1CCc2[nH]c3ccc(F)cc3c2C1.CCOC(=O)CBr.CCn1c2c(c3cc(F)ccc31)C[C@@H](NC(=O)OC(C)(C)C)CC2.S.S. The third-order valence-corrected chi connectivity index (χ3v) is 9.21. The van der Waals surface area contributed by atoms with Crippen LogP contribution in [0.15, 0.2) is 36.4 Å². The zero-order chi connectivity index (χ0) is 39.1. The molecule has 0 aliphatic heterocycles. The highest BCUT2D eigenvalue weighted by atomic mass is 79.9. The summed E-state index contributed by atoms with van der Waals surface area (Å²) in [6.45, 7) is 16.3. The molecule has 0 radical (unpaired) electrons. The van der Waals surface area contributed by atoms with Gasteiger partial charge >= 0.3 is 18.2 Å². The quantitative estimate of drug-likeness (QED) is 0.105. The van der Waals surface area contributed by atoms with Crippen LogP contribution in [0.4, 0.5) is 18.4 Å². The minimum Gasteiger partial charge on any atom is -0.465 e. The molecule has 0 saturated heterocycles. The summed E-state index contributed by atoms with van der Waals surface area (Å²) in [6.07, 6.45) is 4.05. The zero-order valence-electron chi connectivity index (χ0n) is 33.0. The molecule has 3 N–H and O–H groups in total. The molecule has 10 nitrogen and oxygen atoms in total. The molecule has 2 aromatic heterocycles. The predicted molar refractivity (Wildman–Crippen MR) is 227 cm³/mol. The Bertz CT molecular complexity index is 1920. The Hall–Kier alpha value is -3.43. The van der Waals surface area contributed by atoms with Gasteiger partial charge in [-0.25, -0.2) is 18.4 Å². The highest BCUT2D eigenvalue weighted by Crippen LogP contribution is 2.33. The Kier molecular flexibility index (Phi) is 17.9. The van der Waals surface area contributed by atoms with Crippen LogP contribution in [-0.4, -0.2) is 62.9 Å². The number of benzene rings is 2. The maximum Gasteiger partial charge on any atom is 0.407 e. The van der Waals surface area contributed by atoms with Gasteiger partial charge in [0.25, 0.3) is 0 Å². The Morgan fingerprint density at radius 3 is 1.85 bits per heavy atom. The normalized spacial score (nSPS) is 16.0. The van der Waals surface area contributed by atoms with Crippen LogP contribution >= 0.6 is 42.9 Å². The first-order chi connectivity index (χ1) is 24.9. The molecule has 2 atom stereocenters.